The third-order valence-electron chi connectivity index (χ3n) is 1.94. The van der Waals surface area contributed by atoms with E-state index in [9.17, 15) is 0 Å². The fourth-order valence-electron chi connectivity index (χ4n) is 1.26. The van der Waals surface area contributed by atoms with Crippen molar-refractivity contribution in [1.29, 1.82) is 0 Å². The summed E-state index contributed by atoms with van der Waals surface area (Å²) in [5.41, 5.74) is 2.03. The third-order valence-corrected chi connectivity index (χ3v) is 2.14. The lowest BCUT2D eigenvalue weighted by molar-refractivity contribution is 1.41. The van der Waals surface area contributed by atoms with Gasteiger partial charge in [0, 0.05) is 24.3 Å². The summed E-state index contributed by atoms with van der Waals surface area (Å²) in [5.74, 6) is 0. The van der Waals surface area contributed by atoms with Crippen molar-refractivity contribution in [2.24, 2.45) is 0 Å². The Bertz CT molecular complexity index is 440. The van der Waals surface area contributed by atoms with E-state index in [0.717, 1.165) is 16.6 Å². The van der Waals surface area contributed by atoms with Gasteiger partial charge in [0.15, 0.2) is 0 Å². The molecule has 0 aliphatic rings. The van der Waals surface area contributed by atoms with Crippen LogP contribution in [-0.2, 0) is 0 Å². The maximum absolute atomic E-state index is 5.83. The molecule has 1 aromatic carbocycles. The first-order valence-electron chi connectivity index (χ1n) is 4.02. The molecule has 0 bridgehead atoms. The van der Waals surface area contributed by atoms with Gasteiger partial charge in [-0.05, 0) is 24.3 Å². The van der Waals surface area contributed by atoms with E-state index in [4.69, 9.17) is 11.6 Å². The number of hydrogen-bond acceptors (Lipinski definition) is 2. The average molecular weight is 193 g/mol. The minimum atomic E-state index is 0.667. The number of aromatic nitrogens is 1. The number of benzene rings is 1. The highest BCUT2D eigenvalue weighted by molar-refractivity contribution is 6.31. The summed E-state index contributed by atoms with van der Waals surface area (Å²) in [6.07, 6.45) is 1.66. The lowest BCUT2D eigenvalue weighted by atomic mass is 10.2. The van der Waals surface area contributed by atoms with Gasteiger partial charge in [-0.3, -0.25) is 4.98 Å². The number of nitrogens with zero attached hydrogens (tertiary/aromatic N) is 1. The van der Waals surface area contributed by atoms with Crippen molar-refractivity contribution in [3.8, 4) is 0 Å². The quantitative estimate of drug-likeness (QED) is 0.752. The molecule has 0 aliphatic carbocycles. The molecule has 0 unspecified atom stereocenters. The summed E-state index contributed by atoms with van der Waals surface area (Å²) in [4.78, 5) is 4.20. The van der Waals surface area contributed by atoms with E-state index in [1.165, 1.54) is 0 Å². The van der Waals surface area contributed by atoms with Crippen LogP contribution in [0.2, 0.25) is 5.02 Å². The Morgan fingerprint density at radius 1 is 1.31 bits per heavy atom. The molecule has 1 aromatic heterocycles. The molecule has 0 radical (unpaired) electrons. The third kappa shape index (κ3) is 1.58. The summed E-state index contributed by atoms with van der Waals surface area (Å²) in [5, 5.41) is 4.79. The summed E-state index contributed by atoms with van der Waals surface area (Å²) in [7, 11) is 1.89. The molecule has 0 amide bonds. The Morgan fingerprint density at radius 3 is 2.92 bits per heavy atom. The van der Waals surface area contributed by atoms with Crippen molar-refractivity contribution in [3.05, 3.63) is 35.5 Å². The van der Waals surface area contributed by atoms with Crippen molar-refractivity contribution >= 4 is 28.2 Å². The number of pyridine rings is 1. The van der Waals surface area contributed by atoms with Gasteiger partial charge >= 0.3 is 0 Å². The van der Waals surface area contributed by atoms with Crippen molar-refractivity contribution in [1.82, 2.24) is 4.98 Å². The van der Waals surface area contributed by atoms with Gasteiger partial charge in [0.2, 0.25) is 0 Å². The number of halogens is 1. The minimum Gasteiger partial charge on any atom is -0.388 e. The second-order valence-electron chi connectivity index (χ2n) is 2.81. The summed E-state index contributed by atoms with van der Waals surface area (Å²) >= 11 is 5.83. The summed E-state index contributed by atoms with van der Waals surface area (Å²) < 4.78 is 0. The maximum atomic E-state index is 5.83. The molecule has 0 aliphatic heterocycles. The molecule has 1 heterocycles. The van der Waals surface area contributed by atoms with Gasteiger partial charge in [-0.2, -0.15) is 0 Å². The van der Waals surface area contributed by atoms with Crippen molar-refractivity contribution in [3.63, 3.8) is 0 Å². The monoisotopic (exact) mass is 192 g/mol. The fourth-order valence-corrected chi connectivity index (χ4v) is 1.43. The van der Waals surface area contributed by atoms with Crippen LogP contribution < -0.4 is 5.32 Å². The van der Waals surface area contributed by atoms with E-state index in [-0.39, 0.29) is 0 Å². The predicted octanol–water partition coefficient (Wildman–Crippen LogP) is 2.93. The van der Waals surface area contributed by atoms with Gasteiger partial charge in [-0.15, -0.1) is 0 Å². The molecule has 0 spiro atoms. The molecular weight excluding hydrogens is 184 g/mol. The van der Waals surface area contributed by atoms with Gasteiger partial charge in [0.25, 0.3) is 0 Å². The van der Waals surface area contributed by atoms with Crippen molar-refractivity contribution in [2.75, 3.05) is 12.4 Å². The second-order valence-corrected chi connectivity index (χ2v) is 3.25. The van der Waals surface area contributed by atoms with Crippen LogP contribution in [0.3, 0.4) is 0 Å². The lowest BCUT2D eigenvalue weighted by Gasteiger charge is -2.01. The summed E-state index contributed by atoms with van der Waals surface area (Å²) in [6.45, 7) is 0. The molecule has 0 saturated heterocycles. The highest BCUT2D eigenvalue weighted by Gasteiger charge is 1.96. The van der Waals surface area contributed by atoms with Crippen molar-refractivity contribution < 1.29 is 0 Å². The predicted molar refractivity (Wildman–Crippen MR) is 56.3 cm³/mol. The van der Waals surface area contributed by atoms with Crippen LogP contribution in [0.5, 0.6) is 0 Å². The highest BCUT2D eigenvalue weighted by atomic mass is 35.5. The van der Waals surface area contributed by atoms with E-state index in [0.29, 0.717) is 5.02 Å². The zero-order chi connectivity index (χ0) is 9.26. The zero-order valence-corrected chi connectivity index (χ0v) is 7.97. The number of anilines is 1. The van der Waals surface area contributed by atoms with E-state index in [1.54, 1.807) is 6.20 Å². The summed E-state index contributed by atoms with van der Waals surface area (Å²) in [6, 6.07) is 7.89. The van der Waals surface area contributed by atoms with Crippen LogP contribution in [0.25, 0.3) is 10.9 Å². The van der Waals surface area contributed by atoms with Gasteiger partial charge in [0.1, 0.15) is 0 Å². The number of hydrogen-bond donors (Lipinski definition) is 1. The smallest absolute Gasteiger partial charge is 0.0704 e. The largest absolute Gasteiger partial charge is 0.388 e. The molecular formula is C10H9ClN2. The topological polar surface area (TPSA) is 24.9 Å². The molecule has 0 fully saturated rings. The minimum absolute atomic E-state index is 0.667. The SMILES string of the molecule is CNc1ccc2ncc(Cl)cc2c1. The normalized spacial score (nSPS) is 10.3. The van der Waals surface area contributed by atoms with E-state index in [1.807, 2.05) is 31.3 Å². The molecule has 2 aromatic rings. The van der Waals surface area contributed by atoms with Crippen molar-refractivity contribution in [2.45, 2.75) is 0 Å². The van der Waals surface area contributed by atoms with Crippen LogP contribution in [0.15, 0.2) is 30.5 Å². The van der Waals surface area contributed by atoms with Crippen LogP contribution in [0.1, 0.15) is 0 Å². The van der Waals surface area contributed by atoms with Crippen LogP contribution >= 0.6 is 11.6 Å². The Balaban J connectivity index is 2.68. The molecule has 0 atom stereocenters. The Labute approximate surface area is 81.6 Å². The number of fused-ring (bicyclic) bond motifs is 1. The zero-order valence-electron chi connectivity index (χ0n) is 7.21. The van der Waals surface area contributed by atoms with E-state index >= 15 is 0 Å². The van der Waals surface area contributed by atoms with Gasteiger partial charge < -0.3 is 5.32 Å². The molecule has 0 saturated carbocycles. The molecule has 2 rings (SSSR count). The Morgan fingerprint density at radius 2 is 2.15 bits per heavy atom. The Hall–Kier alpha value is -1.28. The van der Waals surface area contributed by atoms with Gasteiger partial charge in [0.05, 0.1) is 10.5 Å². The standard InChI is InChI=1S/C10H9ClN2/c1-12-9-2-3-10-7(5-9)4-8(11)6-13-10/h2-6,12H,1H3. The van der Waals surface area contributed by atoms with E-state index < -0.39 is 0 Å². The highest BCUT2D eigenvalue weighted by Crippen LogP contribution is 2.20. The van der Waals surface area contributed by atoms with Crippen LogP contribution in [0.4, 0.5) is 5.69 Å². The average Bonchev–Trinajstić information content (AvgIpc) is 2.16. The lowest BCUT2D eigenvalue weighted by Crippen LogP contribution is -1.87. The molecule has 13 heavy (non-hydrogen) atoms. The molecule has 66 valence electrons. The second kappa shape index (κ2) is 3.23. The first kappa shape index (κ1) is 8.32. The first-order valence-corrected chi connectivity index (χ1v) is 4.40. The number of rotatable bonds is 1. The number of nitrogens with one attached hydrogen (secondary N) is 1. The fraction of sp³-hybridized carbons (Fsp3) is 0.100. The van der Waals surface area contributed by atoms with E-state index in [2.05, 4.69) is 10.3 Å². The van der Waals surface area contributed by atoms with Crippen LogP contribution in [0, 0.1) is 0 Å². The van der Waals surface area contributed by atoms with Crippen LogP contribution in [-0.4, -0.2) is 12.0 Å². The molecule has 1 N–H and O–H groups in total. The first-order chi connectivity index (χ1) is 6.29. The van der Waals surface area contributed by atoms with Gasteiger partial charge in [-0.25, -0.2) is 0 Å². The van der Waals surface area contributed by atoms with Gasteiger partial charge in [-0.1, -0.05) is 11.6 Å². The maximum Gasteiger partial charge on any atom is 0.0704 e. The molecule has 2 nitrogen and oxygen atoms in total. The molecule has 3 heteroatoms. The Kier molecular flexibility index (Phi) is 2.07.